The lowest BCUT2D eigenvalue weighted by Gasteiger charge is -2.11. The molecule has 0 saturated heterocycles. The Labute approximate surface area is 364 Å². The number of aromatic nitrogens is 4. The molecule has 0 aliphatic rings. The van der Waals surface area contributed by atoms with E-state index < -0.39 is 0 Å². The molecule has 0 aliphatic carbocycles. The molecule has 5 aromatic heterocycles. The summed E-state index contributed by atoms with van der Waals surface area (Å²) in [5.41, 5.74) is 12.4. The Kier molecular flexibility index (Phi) is 7.98. The molecule has 294 valence electrons. The van der Waals surface area contributed by atoms with Crippen LogP contribution in [0.25, 0.3) is 132 Å². The van der Waals surface area contributed by atoms with Crippen LogP contribution in [0.1, 0.15) is 0 Å². The molecular formula is C56H32N4O2S. The van der Waals surface area contributed by atoms with Crippen LogP contribution in [0.5, 0.6) is 0 Å². The number of thiophene rings is 1. The first kappa shape index (κ1) is 35.5. The molecule has 13 rings (SSSR count). The number of para-hydroxylation sites is 2. The standard InChI is InChI=1S/C56H32N4O2S/c1-4-12-47-42(9-1)43-25-23-38(31-49(43)61-47)56-59-54(35-19-15-33(16-20-35)39-8-7-29-57-32-39)58-55(60-56)36-21-17-34(18-22-36)41-27-26-40(52-45-11-2-5-13-48(45)62-53(41)52)37-24-28-51-46(30-37)44-10-3-6-14-50(44)63-51/h1-32H. The third-order valence-electron chi connectivity index (χ3n) is 12.1. The Balaban J connectivity index is 0.921. The number of nitrogens with zero attached hydrogens (tertiary/aromatic N) is 4. The topological polar surface area (TPSA) is 77.8 Å². The summed E-state index contributed by atoms with van der Waals surface area (Å²) in [5, 5.41) is 6.88. The molecule has 0 N–H and O–H groups in total. The average Bonchev–Trinajstić information content (AvgIpc) is 4.05. The van der Waals surface area contributed by atoms with Gasteiger partial charge in [0.1, 0.15) is 22.3 Å². The van der Waals surface area contributed by atoms with Gasteiger partial charge in [-0.2, -0.15) is 0 Å². The van der Waals surface area contributed by atoms with Gasteiger partial charge in [-0.05, 0) is 82.4 Å². The van der Waals surface area contributed by atoms with Crippen molar-refractivity contribution in [1.82, 2.24) is 19.9 Å². The molecule has 7 heteroatoms. The second-order valence-corrected chi connectivity index (χ2v) is 16.9. The summed E-state index contributed by atoms with van der Waals surface area (Å²) in [6.45, 7) is 0. The zero-order chi connectivity index (χ0) is 41.4. The van der Waals surface area contributed by atoms with Gasteiger partial charge in [-0.1, -0.05) is 127 Å². The number of fused-ring (bicyclic) bond motifs is 9. The van der Waals surface area contributed by atoms with Crippen molar-refractivity contribution in [3.8, 4) is 67.5 Å². The minimum atomic E-state index is 0.561. The summed E-state index contributed by atoms with van der Waals surface area (Å²) in [6.07, 6.45) is 3.65. The van der Waals surface area contributed by atoms with Gasteiger partial charge in [-0.3, -0.25) is 4.98 Å². The van der Waals surface area contributed by atoms with Gasteiger partial charge in [0.05, 0.1) is 0 Å². The van der Waals surface area contributed by atoms with Crippen molar-refractivity contribution in [2.24, 2.45) is 0 Å². The van der Waals surface area contributed by atoms with Crippen molar-refractivity contribution in [3.05, 3.63) is 194 Å². The molecule has 6 nitrogen and oxygen atoms in total. The van der Waals surface area contributed by atoms with E-state index >= 15 is 0 Å². The lowest BCUT2D eigenvalue weighted by Crippen LogP contribution is -2.00. The van der Waals surface area contributed by atoms with E-state index in [0.717, 1.165) is 93.9 Å². The van der Waals surface area contributed by atoms with Crippen LogP contribution >= 0.6 is 11.3 Å². The molecule has 8 aromatic carbocycles. The van der Waals surface area contributed by atoms with E-state index in [1.807, 2.05) is 53.9 Å². The fourth-order valence-corrected chi connectivity index (χ4v) is 10.0. The fourth-order valence-electron chi connectivity index (χ4n) is 8.96. The van der Waals surface area contributed by atoms with Crippen LogP contribution in [0.15, 0.2) is 203 Å². The van der Waals surface area contributed by atoms with E-state index in [0.29, 0.717) is 17.5 Å². The quantitative estimate of drug-likeness (QED) is 0.166. The first-order valence-electron chi connectivity index (χ1n) is 20.8. The minimum Gasteiger partial charge on any atom is -0.456 e. The van der Waals surface area contributed by atoms with Crippen LogP contribution < -0.4 is 0 Å². The number of benzene rings is 8. The molecule has 0 atom stereocenters. The third kappa shape index (κ3) is 5.93. The molecule has 0 radical (unpaired) electrons. The molecule has 13 aromatic rings. The summed E-state index contributed by atoms with van der Waals surface area (Å²) in [7, 11) is 0. The van der Waals surface area contributed by atoms with Crippen LogP contribution in [0.3, 0.4) is 0 Å². The number of furan rings is 2. The van der Waals surface area contributed by atoms with E-state index in [2.05, 4.69) is 151 Å². The first-order valence-corrected chi connectivity index (χ1v) is 21.7. The highest BCUT2D eigenvalue weighted by Crippen LogP contribution is 2.44. The van der Waals surface area contributed by atoms with Crippen LogP contribution in [0.2, 0.25) is 0 Å². The third-order valence-corrected chi connectivity index (χ3v) is 13.2. The second-order valence-electron chi connectivity index (χ2n) is 15.8. The monoisotopic (exact) mass is 824 g/mol. The van der Waals surface area contributed by atoms with Crippen LogP contribution in [-0.4, -0.2) is 19.9 Å². The van der Waals surface area contributed by atoms with E-state index in [1.54, 1.807) is 6.20 Å². The van der Waals surface area contributed by atoms with Crippen LogP contribution in [-0.2, 0) is 0 Å². The van der Waals surface area contributed by atoms with Crippen molar-refractivity contribution in [2.45, 2.75) is 0 Å². The Bertz CT molecular complexity index is 3910. The van der Waals surface area contributed by atoms with Crippen molar-refractivity contribution in [1.29, 1.82) is 0 Å². The molecule has 0 unspecified atom stereocenters. The predicted molar refractivity (Wildman–Crippen MR) is 258 cm³/mol. The second kappa shape index (κ2) is 14.2. The molecule has 5 heterocycles. The highest BCUT2D eigenvalue weighted by molar-refractivity contribution is 7.25. The van der Waals surface area contributed by atoms with E-state index in [4.69, 9.17) is 23.8 Å². The molecular weight excluding hydrogens is 793 g/mol. The summed E-state index contributed by atoms with van der Waals surface area (Å²) in [5.74, 6) is 1.71. The lowest BCUT2D eigenvalue weighted by molar-refractivity contribution is 0.669. The molecule has 0 spiro atoms. The Morgan fingerprint density at radius 2 is 0.937 bits per heavy atom. The van der Waals surface area contributed by atoms with Gasteiger partial charge in [-0.25, -0.2) is 15.0 Å². The smallest absolute Gasteiger partial charge is 0.164 e. The molecule has 63 heavy (non-hydrogen) atoms. The van der Waals surface area contributed by atoms with Crippen molar-refractivity contribution in [2.75, 3.05) is 0 Å². The van der Waals surface area contributed by atoms with E-state index in [9.17, 15) is 0 Å². The molecule has 0 aliphatic heterocycles. The Morgan fingerprint density at radius 3 is 1.70 bits per heavy atom. The van der Waals surface area contributed by atoms with Gasteiger partial charge in [0.2, 0.25) is 0 Å². The highest BCUT2D eigenvalue weighted by Gasteiger charge is 2.20. The average molecular weight is 825 g/mol. The van der Waals surface area contributed by atoms with Gasteiger partial charge in [0.25, 0.3) is 0 Å². The van der Waals surface area contributed by atoms with E-state index in [1.165, 1.54) is 20.2 Å². The van der Waals surface area contributed by atoms with Crippen molar-refractivity contribution < 1.29 is 8.83 Å². The largest absolute Gasteiger partial charge is 0.456 e. The van der Waals surface area contributed by atoms with Gasteiger partial charge in [0, 0.05) is 76.4 Å². The summed E-state index contributed by atoms with van der Waals surface area (Å²) >= 11 is 1.84. The predicted octanol–water partition coefficient (Wildman–Crippen LogP) is 15.4. The van der Waals surface area contributed by atoms with Gasteiger partial charge >= 0.3 is 0 Å². The number of hydrogen-bond acceptors (Lipinski definition) is 7. The zero-order valence-electron chi connectivity index (χ0n) is 33.5. The lowest BCUT2D eigenvalue weighted by atomic mass is 9.93. The number of pyridine rings is 1. The summed E-state index contributed by atoms with van der Waals surface area (Å²) in [6, 6.07) is 63.2. The molecule has 0 amide bonds. The molecule has 0 fully saturated rings. The SMILES string of the molecule is c1cncc(-c2ccc(-c3nc(-c4ccc(-c5ccc(-c6ccc7sc8ccccc8c7c6)c6c5oc5ccccc56)cc4)nc(-c4ccc5c(c4)oc4ccccc45)n3)cc2)c1. The maximum atomic E-state index is 6.73. The zero-order valence-corrected chi connectivity index (χ0v) is 34.3. The number of hydrogen-bond donors (Lipinski definition) is 0. The van der Waals surface area contributed by atoms with Gasteiger partial charge in [-0.15, -0.1) is 11.3 Å². The van der Waals surface area contributed by atoms with Crippen LogP contribution in [0, 0.1) is 0 Å². The van der Waals surface area contributed by atoms with Crippen LogP contribution in [0.4, 0.5) is 0 Å². The molecule has 0 saturated carbocycles. The Hall–Kier alpha value is -8.26. The summed E-state index contributed by atoms with van der Waals surface area (Å²) < 4.78 is 15.6. The summed E-state index contributed by atoms with van der Waals surface area (Å²) in [4.78, 5) is 19.5. The van der Waals surface area contributed by atoms with E-state index in [-0.39, 0.29) is 0 Å². The normalized spacial score (nSPS) is 11.8. The van der Waals surface area contributed by atoms with Gasteiger partial charge in [0.15, 0.2) is 17.5 Å². The highest BCUT2D eigenvalue weighted by atomic mass is 32.1. The molecule has 0 bridgehead atoms. The first-order chi connectivity index (χ1) is 31.2. The van der Waals surface area contributed by atoms with Gasteiger partial charge < -0.3 is 8.83 Å². The van der Waals surface area contributed by atoms with Crippen molar-refractivity contribution >= 4 is 75.4 Å². The maximum absolute atomic E-state index is 6.73. The number of rotatable bonds is 6. The maximum Gasteiger partial charge on any atom is 0.164 e. The Morgan fingerprint density at radius 1 is 0.349 bits per heavy atom. The fraction of sp³-hybridized carbons (Fsp3) is 0. The minimum absolute atomic E-state index is 0.561. The van der Waals surface area contributed by atoms with Crippen molar-refractivity contribution in [3.63, 3.8) is 0 Å².